The number of hydrogen-bond acceptors (Lipinski definition) is 5. The lowest BCUT2D eigenvalue weighted by molar-refractivity contribution is 0.0474. The molecule has 0 bridgehead atoms. The van der Waals surface area contributed by atoms with Gasteiger partial charge in [0.2, 0.25) is 0 Å². The molecule has 1 amide bonds. The van der Waals surface area contributed by atoms with E-state index in [1.165, 1.54) is 17.8 Å². The Hall–Kier alpha value is -3.99. The number of hydrogen-bond donors (Lipinski definition) is 0. The fraction of sp³-hybridized carbons (Fsp3) is 0.296. The zero-order chi connectivity index (χ0) is 27.1. The van der Waals surface area contributed by atoms with Crippen LogP contribution in [0.25, 0.3) is 16.9 Å². The van der Waals surface area contributed by atoms with Crippen LogP contribution in [0.15, 0.2) is 42.6 Å². The molecule has 0 radical (unpaired) electrons. The fourth-order valence-electron chi connectivity index (χ4n) is 4.80. The van der Waals surface area contributed by atoms with Gasteiger partial charge in [-0.15, -0.1) is 0 Å². The summed E-state index contributed by atoms with van der Waals surface area (Å²) in [7, 11) is 1.54. The van der Waals surface area contributed by atoms with Crippen LogP contribution in [-0.2, 0) is 6.54 Å². The van der Waals surface area contributed by atoms with Crippen molar-refractivity contribution in [3.63, 3.8) is 0 Å². The zero-order valence-electron chi connectivity index (χ0n) is 21.0. The van der Waals surface area contributed by atoms with Crippen LogP contribution in [0.2, 0.25) is 0 Å². The summed E-state index contributed by atoms with van der Waals surface area (Å²) in [5, 5.41) is 4.20. The van der Waals surface area contributed by atoms with Crippen LogP contribution in [0.1, 0.15) is 28.5 Å². The molecule has 1 aliphatic heterocycles. The summed E-state index contributed by atoms with van der Waals surface area (Å²) in [6, 6.07) is 7.96. The topological polar surface area (TPSA) is 63.0 Å². The van der Waals surface area contributed by atoms with Crippen molar-refractivity contribution in [3.05, 3.63) is 82.7 Å². The van der Waals surface area contributed by atoms with Crippen molar-refractivity contribution in [1.29, 1.82) is 0 Å². The third-order valence-corrected chi connectivity index (χ3v) is 6.83. The lowest BCUT2D eigenvalue weighted by atomic mass is 10.1. The molecule has 1 fully saturated rings. The molecule has 4 aromatic rings. The predicted molar refractivity (Wildman–Crippen MR) is 132 cm³/mol. The molecule has 1 aliphatic rings. The van der Waals surface area contributed by atoms with E-state index in [1.807, 2.05) is 11.8 Å². The fourth-order valence-corrected chi connectivity index (χ4v) is 4.80. The van der Waals surface area contributed by atoms with Crippen LogP contribution in [0, 0.1) is 30.2 Å². The molecule has 198 valence electrons. The van der Waals surface area contributed by atoms with Crippen molar-refractivity contribution >= 4 is 11.6 Å². The molecule has 1 atom stereocenters. The average molecular weight is 528 g/mol. The highest BCUT2D eigenvalue weighted by molar-refractivity contribution is 6.00. The summed E-state index contributed by atoms with van der Waals surface area (Å²) in [6.45, 7) is 4.43. The molecule has 0 aliphatic carbocycles. The van der Waals surface area contributed by atoms with Gasteiger partial charge in [-0.2, -0.15) is 5.10 Å². The van der Waals surface area contributed by atoms with Gasteiger partial charge in [-0.05, 0) is 44.2 Å². The average Bonchev–Trinajstić information content (AvgIpc) is 3.33. The van der Waals surface area contributed by atoms with Gasteiger partial charge in [0.1, 0.15) is 22.8 Å². The highest BCUT2D eigenvalue weighted by atomic mass is 19.2. The highest BCUT2D eigenvalue weighted by Crippen LogP contribution is 2.28. The van der Waals surface area contributed by atoms with Crippen LogP contribution < -0.4 is 4.74 Å². The first-order valence-electron chi connectivity index (χ1n) is 12.0. The number of methoxy groups -OCH3 is 1. The molecule has 5 rings (SSSR count). The number of benzene rings is 2. The maximum atomic E-state index is 15.2. The molecule has 7 nitrogen and oxygen atoms in total. The molecule has 0 N–H and O–H groups in total. The van der Waals surface area contributed by atoms with E-state index in [0.29, 0.717) is 37.0 Å². The second kappa shape index (κ2) is 10.1. The number of ether oxygens (including phenoxy) is 1. The first kappa shape index (κ1) is 25.7. The summed E-state index contributed by atoms with van der Waals surface area (Å²) >= 11 is 0. The normalized spacial score (nSPS) is 16.3. The Kier molecular flexibility index (Phi) is 6.78. The first-order chi connectivity index (χ1) is 18.2. The summed E-state index contributed by atoms with van der Waals surface area (Å²) in [4.78, 5) is 21.5. The summed E-state index contributed by atoms with van der Waals surface area (Å²) < 4.78 is 63.0. The van der Waals surface area contributed by atoms with Crippen LogP contribution >= 0.6 is 0 Å². The number of aromatic nitrogens is 3. The highest BCUT2D eigenvalue weighted by Gasteiger charge is 2.31. The summed E-state index contributed by atoms with van der Waals surface area (Å²) in [5.41, 5.74) is 1.20. The van der Waals surface area contributed by atoms with Crippen LogP contribution in [-0.4, -0.2) is 63.1 Å². The van der Waals surface area contributed by atoms with Crippen molar-refractivity contribution in [1.82, 2.24) is 24.4 Å². The van der Waals surface area contributed by atoms with E-state index < -0.39 is 23.3 Å². The molecule has 3 heterocycles. The van der Waals surface area contributed by atoms with Crippen molar-refractivity contribution in [2.24, 2.45) is 0 Å². The van der Waals surface area contributed by atoms with Gasteiger partial charge in [0, 0.05) is 49.4 Å². The van der Waals surface area contributed by atoms with Crippen molar-refractivity contribution in [2.45, 2.75) is 26.4 Å². The minimum atomic E-state index is -1.23. The first-order valence-corrected chi connectivity index (χ1v) is 12.0. The Labute approximate surface area is 216 Å². The second-order valence-corrected chi connectivity index (χ2v) is 9.33. The van der Waals surface area contributed by atoms with Crippen molar-refractivity contribution in [2.75, 3.05) is 26.7 Å². The Bertz CT molecular complexity index is 1520. The largest absolute Gasteiger partial charge is 0.497 e. The number of carbonyl (C=O) groups excluding carboxylic acids is 1. The molecule has 0 unspecified atom stereocenters. The number of halogens is 4. The van der Waals surface area contributed by atoms with E-state index in [1.54, 1.807) is 36.1 Å². The van der Waals surface area contributed by atoms with Gasteiger partial charge < -0.3 is 9.64 Å². The minimum absolute atomic E-state index is 0.00878. The van der Waals surface area contributed by atoms with Gasteiger partial charge in [-0.3, -0.25) is 9.69 Å². The third-order valence-electron chi connectivity index (χ3n) is 6.83. The number of amides is 1. The number of nitrogens with zero attached hydrogens (tertiary/aromatic N) is 5. The number of carbonyl (C=O) groups is 1. The number of piperazine rings is 1. The van der Waals surface area contributed by atoms with Crippen molar-refractivity contribution < 1.29 is 27.1 Å². The van der Waals surface area contributed by atoms with Gasteiger partial charge in [0.05, 0.1) is 19.0 Å². The zero-order valence-corrected chi connectivity index (χ0v) is 21.0. The Balaban J connectivity index is 1.39. The quantitative estimate of drug-likeness (QED) is 0.280. The van der Waals surface area contributed by atoms with E-state index in [2.05, 4.69) is 10.1 Å². The third kappa shape index (κ3) is 4.58. The Morgan fingerprint density at radius 1 is 1.08 bits per heavy atom. The molecular weight excluding hydrogens is 502 g/mol. The van der Waals surface area contributed by atoms with Crippen LogP contribution in [0.4, 0.5) is 17.6 Å². The second-order valence-electron chi connectivity index (χ2n) is 9.33. The van der Waals surface area contributed by atoms with Gasteiger partial charge in [0.25, 0.3) is 5.91 Å². The predicted octanol–water partition coefficient (Wildman–Crippen LogP) is 4.62. The Morgan fingerprint density at radius 3 is 2.50 bits per heavy atom. The van der Waals surface area contributed by atoms with Gasteiger partial charge in [0.15, 0.2) is 23.1 Å². The molecule has 0 spiro atoms. The van der Waals surface area contributed by atoms with Gasteiger partial charge >= 0.3 is 0 Å². The SMILES string of the molecule is COc1ccc(-c2nc3c(C(=O)N4CCN(Cc5cc(F)cc(F)c5F)C[C@H]4C)cnn3c(C)c2F)cc1. The summed E-state index contributed by atoms with van der Waals surface area (Å²) in [6.07, 6.45) is 1.37. The smallest absolute Gasteiger partial charge is 0.259 e. The van der Waals surface area contributed by atoms with Crippen molar-refractivity contribution in [3.8, 4) is 17.0 Å². The van der Waals surface area contributed by atoms with E-state index in [4.69, 9.17) is 4.74 Å². The molecule has 0 saturated carbocycles. The van der Waals surface area contributed by atoms with Crippen LogP contribution in [0.5, 0.6) is 5.75 Å². The van der Waals surface area contributed by atoms with E-state index in [9.17, 15) is 18.0 Å². The van der Waals surface area contributed by atoms with E-state index in [0.717, 1.165) is 6.07 Å². The maximum absolute atomic E-state index is 15.2. The molecule has 2 aromatic heterocycles. The number of rotatable bonds is 5. The molecule has 38 heavy (non-hydrogen) atoms. The monoisotopic (exact) mass is 527 g/mol. The van der Waals surface area contributed by atoms with E-state index >= 15 is 4.39 Å². The molecular formula is C27H25F4N5O2. The minimum Gasteiger partial charge on any atom is -0.497 e. The van der Waals surface area contributed by atoms with Gasteiger partial charge in [-0.1, -0.05) is 0 Å². The lowest BCUT2D eigenvalue weighted by Gasteiger charge is -2.39. The van der Waals surface area contributed by atoms with E-state index in [-0.39, 0.29) is 46.7 Å². The molecule has 11 heteroatoms. The lowest BCUT2D eigenvalue weighted by Crippen LogP contribution is -2.53. The summed E-state index contributed by atoms with van der Waals surface area (Å²) in [5.74, 6) is -3.41. The molecule has 1 saturated heterocycles. The standard InChI is InChI=1S/C27H25F4N5O2/c1-15-13-34(14-18-10-19(28)11-22(29)24(18)31)8-9-35(15)27(37)21-12-32-36-16(2)23(30)25(33-26(21)36)17-4-6-20(38-3)7-5-17/h4-7,10-12,15H,8-9,13-14H2,1-3H3/t15-/m1/s1. The number of aryl methyl sites for hydroxylation is 1. The van der Waals surface area contributed by atoms with Crippen LogP contribution in [0.3, 0.4) is 0 Å². The number of fused-ring (bicyclic) bond motifs is 1. The Morgan fingerprint density at radius 2 is 1.82 bits per heavy atom. The maximum Gasteiger partial charge on any atom is 0.259 e. The molecule has 2 aromatic carbocycles. The van der Waals surface area contributed by atoms with Gasteiger partial charge in [-0.25, -0.2) is 27.1 Å².